The highest BCUT2D eigenvalue weighted by Gasteiger charge is 2.37. The van der Waals surface area contributed by atoms with Crippen molar-refractivity contribution in [2.45, 2.75) is 70.0 Å². The lowest BCUT2D eigenvalue weighted by atomic mass is 9.84. The Balaban J connectivity index is 1.13. The molecule has 1 aliphatic heterocycles. The minimum absolute atomic E-state index is 0.00772. The standard InChI is InChI=1S/C35H37F3N4O5/c1-45-30-19-24(32(44)40-25-11-7-22(8-12-25)18-21-4-3-16-46-17-15-21)9-13-27(30)41-34-39-20-26(35(36,37)38)33(42-34)47-29-6-2-5-23-10-14-28(43)31(23)29/h2,5-6,9,13,18-20,22,25H,3-4,7-8,10-12,14-17H2,1H3,(H,40,44)(H,39,41,42)/b21-18-. The van der Waals surface area contributed by atoms with Gasteiger partial charge < -0.3 is 24.8 Å². The molecular weight excluding hydrogens is 613 g/mol. The molecule has 47 heavy (non-hydrogen) atoms. The molecule has 1 saturated carbocycles. The molecule has 3 aromatic rings. The third-order valence-electron chi connectivity index (χ3n) is 8.92. The summed E-state index contributed by atoms with van der Waals surface area (Å²) in [5, 5.41) is 6.01. The molecule has 9 nitrogen and oxygen atoms in total. The Morgan fingerprint density at radius 3 is 2.64 bits per heavy atom. The quantitative estimate of drug-likeness (QED) is 0.240. The van der Waals surface area contributed by atoms with Crippen LogP contribution >= 0.6 is 0 Å². The lowest BCUT2D eigenvalue weighted by molar-refractivity contribution is -0.139. The zero-order chi connectivity index (χ0) is 33.0. The minimum Gasteiger partial charge on any atom is -0.495 e. The highest BCUT2D eigenvalue weighted by molar-refractivity contribution is 6.03. The van der Waals surface area contributed by atoms with Gasteiger partial charge in [0.1, 0.15) is 17.1 Å². The Morgan fingerprint density at radius 2 is 1.85 bits per heavy atom. The van der Waals surface area contributed by atoms with Crippen LogP contribution in [0.25, 0.3) is 0 Å². The summed E-state index contributed by atoms with van der Waals surface area (Å²) < 4.78 is 58.3. The predicted molar refractivity (Wildman–Crippen MR) is 168 cm³/mol. The largest absolute Gasteiger partial charge is 0.495 e. The number of anilines is 2. The van der Waals surface area contributed by atoms with Crippen LogP contribution in [0.3, 0.4) is 0 Å². The van der Waals surface area contributed by atoms with Gasteiger partial charge in [-0.2, -0.15) is 18.2 Å². The average molecular weight is 651 g/mol. The van der Waals surface area contributed by atoms with Crippen LogP contribution in [0.5, 0.6) is 17.4 Å². The molecule has 12 heteroatoms. The molecule has 0 radical (unpaired) electrons. The number of halogens is 3. The number of hydrogen-bond donors (Lipinski definition) is 2. The van der Waals surface area contributed by atoms with Crippen molar-refractivity contribution >= 4 is 23.3 Å². The Labute approximate surface area is 270 Å². The molecule has 2 aliphatic carbocycles. The summed E-state index contributed by atoms with van der Waals surface area (Å²) in [5.74, 6) is -0.555. The lowest BCUT2D eigenvalue weighted by Crippen LogP contribution is -2.37. The van der Waals surface area contributed by atoms with Crippen LogP contribution in [0, 0.1) is 5.92 Å². The predicted octanol–water partition coefficient (Wildman–Crippen LogP) is 7.58. The average Bonchev–Trinajstić information content (AvgIpc) is 3.25. The summed E-state index contributed by atoms with van der Waals surface area (Å²) >= 11 is 0. The number of amides is 1. The summed E-state index contributed by atoms with van der Waals surface area (Å²) in [7, 11) is 1.42. The topological polar surface area (TPSA) is 112 Å². The van der Waals surface area contributed by atoms with E-state index in [2.05, 4.69) is 26.7 Å². The first kappa shape index (κ1) is 32.5. The highest BCUT2D eigenvalue weighted by Crippen LogP contribution is 2.40. The Morgan fingerprint density at radius 1 is 1.02 bits per heavy atom. The van der Waals surface area contributed by atoms with Crippen molar-refractivity contribution < 1.29 is 37.0 Å². The van der Waals surface area contributed by atoms with Gasteiger partial charge in [-0.05, 0) is 87.1 Å². The number of rotatable bonds is 8. The number of fused-ring (bicyclic) bond motifs is 1. The molecule has 2 fully saturated rings. The number of alkyl halides is 3. The number of ether oxygens (including phenoxy) is 3. The second kappa shape index (κ2) is 14.1. The van der Waals surface area contributed by atoms with Crippen molar-refractivity contribution in [3.63, 3.8) is 0 Å². The normalized spacial score (nSPS) is 20.8. The molecule has 6 rings (SSSR count). The van der Waals surface area contributed by atoms with Gasteiger partial charge in [0.2, 0.25) is 11.8 Å². The number of Topliss-reactive ketones (excluding diaryl/α,β-unsaturated/α-hetero) is 1. The van der Waals surface area contributed by atoms with E-state index >= 15 is 0 Å². The van der Waals surface area contributed by atoms with E-state index in [1.54, 1.807) is 30.3 Å². The Hall–Kier alpha value is -4.45. The van der Waals surface area contributed by atoms with Gasteiger partial charge in [0.05, 0.1) is 25.0 Å². The van der Waals surface area contributed by atoms with Gasteiger partial charge in [-0.1, -0.05) is 23.8 Å². The van der Waals surface area contributed by atoms with E-state index < -0.39 is 17.6 Å². The molecule has 0 atom stereocenters. The van der Waals surface area contributed by atoms with Gasteiger partial charge in [0.25, 0.3) is 5.91 Å². The van der Waals surface area contributed by atoms with Gasteiger partial charge in [0.15, 0.2) is 5.78 Å². The summed E-state index contributed by atoms with van der Waals surface area (Å²) in [6.45, 7) is 1.62. The summed E-state index contributed by atoms with van der Waals surface area (Å²) in [6, 6.07) is 9.63. The number of aromatic nitrogens is 2. The molecule has 1 amide bonds. The van der Waals surface area contributed by atoms with E-state index in [-0.39, 0.29) is 47.2 Å². The molecule has 0 bridgehead atoms. The van der Waals surface area contributed by atoms with Crippen LogP contribution in [-0.2, 0) is 17.3 Å². The van der Waals surface area contributed by atoms with Crippen molar-refractivity contribution in [1.82, 2.24) is 15.3 Å². The number of hydrogen-bond acceptors (Lipinski definition) is 8. The van der Waals surface area contributed by atoms with Gasteiger partial charge in [-0.3, -0.25) is 9.59 Å². The molecule has 0 spiro atoms. The zero-order valence-corrected chi connectivity index (χ0v) is 26.1. The van der Waals surface area contributed by atoms with Crippen LogP contribution in [0.4, 0.5) is 24.8 Å². The molecule has 2 heterocycles. The van der Waals surface area contributed by atoms with E-state index in [0.29, 0.717) is 35.3 Å². The smallest absolute Gasteiger partial charge is 0.423 e. The van der Waals surface area contributed by atoms with Gasteiger partial charge >= 0.3 is 6.18 Å². The fourth-order valence-electron chi connectivity index (χ4n) is 6.45. The monoisotopic (exact) mass is 650 g/mol. The fraction of sp³-hybridized carbons (Fsp3) is 0.429. The van der Waals surface area contributed by atoms with Crippen LogP contribution in [-0.4, -0.2) is 48.0 Å². The Kier molecular flexibility index (Phi) is 9.76. The molecule has 0 unspecified atom stereocenters. The molecule has 1 aromatic heterocycles. The maximum Gasteiger partial charge on any atom is 0.423 e. The van der Waals surface area contributed by atoms with E-state index in [0.717, 1.165) is 58.2 Å². The summed E-state index contributed by atoms with van der Waals surface area (Å²) in [5.41, 5.74) is 2.00. The van der Waals surface area contributed by atoms with Crippen molar-refractivity contribution in [1.29, 1.82) is 0 Å². The number of carbonyl (C=O) groups is 2. The van der Waals surface area contributed by atoms with Crippen molar-refractivity contribution in [3.05, 3.63) is 76.5 Å². The number of nitrogens with zero attached hydrogens (tertiary/aromatic N) is 2. The number of carbonyl (C=O) groups excluding carboxylic acids is 2. The maximum atomic E-state index is 13.9. The van der Waals surface area contributed by atoms with Gasteiger partial charge in [-0.15, -0.1) is 0 Å². The lowest BCUT2D eigenvalue weighted by Gasteiger charge is -2.28. The first-order chi connectivity index (χ1) is 22.7. The number of methoxy groups -OCH3 is 1. The van der Waals surface area contributed by atoms with Crippen LogP contribution < -0.4 is 20.1 Å². The fourth-order valence-corrected chi connectivity index (χ4v) is 6.45. The Bertz CT molecular complexity index is 1660. The summed E-state index contributed by atoms with van der Waals surface area (Å²) in [6.07, 6.45) is 6.00. The number of nitrogens with one attached hydrogen (secondary N) is 2. The molecule has 2 N–H and O–H groups in total. The highest BCUT2D eigenvalue weighted by atomic mass is 19.4. The molecule has 248 valence electrons. The van der Waals surface area contributed by atoms with Gasteiger partial charge in [-0.25, -0.2) is 4.98 Å². The second-order valence-electron chi connectivity index (χ2n) is 12.1. The molecule has 1 saturated heterocycles. The van der Waals surface area contributed by atoms with Crippen LogP contribution in [0.15, 0.2) is 54.2 Å². The summed E-state index contributed by atoms with van der Waals surface area (Å²) in [4.78, 5) is 33.4. The molecule has 2 aromatic carbocycles. The molecular formula is C35H37F3N4O5. The molecule has 3 aliphatic rings. The van der Waals surface area contributed by atoms with Crippen LogP contribution in [0.2, 0.25) is 0 Å². The van der Waals surface area contributed by atoms with Crippen molar-refractivity contribution in [3.8, 4) is 17.4 Å². The number of ketones is 1. The third kappa shape index (κ3) is 7.75. The first-order valence-corrected chi connectivity index (χ1v) is 16.0. The van der Waals surface area contributed by atoms with E-state index in [4.69, 9.17) is 14.2 Å². The van der Waals surface area contributed by atoms with E-state index in [1.807, 2.05) is 0 Å². The number of allylic oxidation sites excluding steroid dienone is 1. The van der Waals surface area contributed by atoms with E-state index in [1.165, 1.54) is 18.7 Å². The van der Waals surface area contributed by atoms with E-state index in [9.17, 15) is 22.8 Å². The second-order valence-corrected chi connectivity index (χ2v) is 12.1. The minimum atomic E-state index is -4.80. The first-order valence-electron chi connectivity index (χ1n) is 16.0. The SMILES string of the molecule is COc1cc(C(=O)NC2CCC(/C=C3/CCCOCC3)CC2)ccc1Nc1ncc(C(F)(F)F)c(Oc2cccc3c2C(=O)CC3)n1. The number of benzene rings is 2. The maximum absolute atomic E-state index is 13.9. The van der Waals surface area contributed by atoms with Crippen molar-refractivity contribution in [2.75, 3.05) is 25.6 Å². The number of aryl methyl sites for hydroxylation is 1. The van der Waals surface area contributed by atoms with Crippen molar-refractivity contribution in [2.24, 2.45) is 5.92 Å². The third-order valence-corrected chi connectivity index (χ3v) is 8.92. The zero-order valence-electron chi connectivity index (χ0n) is 26.1. The van der Waals surface area contributed by atoms with Crippen LogP contribution in [0.1, 0.15) is 83.2 Å². The van der Waals surface area contributed by atoms with Gasteiger partial charge in [0, 0.05) is 30.8 Å².